The van der Waals surface area contributed by atoms with E-state index in [9.17, 15) is 4.79 Å². The highest BCUT2D eigenvalue weighted by Crippen LogP contribution is 2.16. The molecule has 0 aliphatic rings. The minimum absolute atomic E-state index is 0.0166. The second-order valence-electron chi connectivity index (χ2n) is 3.15. The van der Waals surface area contributed by atoms with E-state index in [2.05, 4.69) is 20.9 Å². The molecule has 0 saturated carbocycles. The van der Waals surface area contributed by atoms with E-state index >= 15 is 0 Å². The van der Waals surface area contributed by atoms with Gasteiger partial charge in [0, 0.05) is 17.2 Å². The van der Waals surface area contributed by atoms with Gasteiger partial charge in [0.1, 0.15) is 12.4 Å². The molecule has 0 aliphatic carbocycles. The molecule has 0 aromatic carbocycles. The second-order valence-corrected chi connectivity index (χ2v) is 4.06. The highest BCUT2D eigenvalue weighted by molar-refractivity contribution is 9.10. The third-order valence-corrected chi connectivity index (χ3v) is 2.34. The molecule has 0 spiro atoms. The predicted octanol–water partition coefficient (Wildman–Crippen LogP) is 2.15. The molecule has 82 valence electrons. The molecule has 0 atom stereocenters. The minimum Gasteiger partial charge on any atom is -0.480 e. The van der Waals surface area contributed by atoms with E-state index < -0.39 is 5.97 Å². The largest absolute Gasteiger partial charge is 0.480 e. The van der Waals surface area contributed by atoms with Crippen LogP contribution in [0.25, 0.3) is 0 Å². The van der Waals surface area contributed by atoms with Gasteiger partial charge in [0.15, 0.2) is 0 Å². The van der Waals surface area contributed by atoms with Crippen LogP contribution in [-0.4, -0.2) is 29.1 Å². The maximum atomic E-state index is 10.7. The zero-order valence-electron chi connectivity index (χ0n) is 8.48. The number of hydrogen-bond donors (Lipinski definition) is 1. The minimum atomic E-state index is -0.842. The molecule has 0 fully saturated rings. The van der Waals surface area contributed by atoms with Gasteiger partial charge in [-0.2, -0.15) is 0 Å². The van der Waals surface area contributed by atoms with Crippen LogP contribution < -0.4 is 4.90 Å². The molecule has 0 radical (unpaired) electrons. The summed E-state index contributed by atoms with van der Waals surface area (Å²) in [6.07, 6.45) is 2.55. The van der Waals surface area contributed by atoms with Crippen molar-refractivity contribution in [2.45, 2.75) is 13.3 Å². The van der Waals surface area contributed by atoms with Crippen molar-refractivity contribution in [1.29, 1.82) is 0 Å². The molecular weight excluding hydrogens is 260 g/mol. The molecule has 0 unspecified atom stereocenters. The summed E-state index contributed by atoms with van der Waals surface area (Å²) in [5, 5.41) is 8.76. The predicted molar refractivity (Wildman–Crippen MR) is 62.1 cm³/mol. The molecule has 1 rings (SSSR count). The number of pyridine rings is 1. The second kappa shape index (κ2) is 5.70. The normalized spacial score (nSPS) is 10.0. The monoisotopic (exact) mass is 272 g/mol. The molecule has 0 amide bonds. The van der Waals surface area contributed by atoms with E-state index in [1.165, 1.54) is 0 Å². The number of carbonyl (C=O) groups is 1. The zero-order chi connectivity index (χ0) is 11.3. The molecule has 0 saturated heterocycles. The lowest BCUT2D eigenvalue weighted by molar-refractivity contribution is -0.135. The fourth-order valence-electron chi connectivity index (χ4n) is 1.27. The third kappa shape index (κ3) is 3.87. The van der Waals surface area contributed by atoms with Gasteiger partial charge in [-0.05, 0) is 18.6 Å². The number of hydrogen-bond acceptors (Lipinski definition) is 3. The first-order chi connectivity index (χ1) is 7.13. The van der Waals surface area contributed by atoms with Gasteiger partial charge < -0.3 is 10.0 Å². The van der Waals surface area contributed by atoms with Crippen molar-refractivity contribution in [3.8, 4) is 0 Å². The molecule has 1 aromatic heterocycles. The van der Waals surface area contributed by atoms with Crippen LogP contribution >= 0.6 is 15.9 Å². The SMILES string of the molecule is CCCN(CC(=O)O)c1cc(Br)ccn1. The Balaban J connectivity index is 2.83. The molecule has 15 heavy (non-hydrogen) atoms. The van der Waals surface area contributed by atoms with Gasteiger partial charge in [-0.1, -0.05) is 22.9 Å². The van der Waals surface area contributed by atoms with Gasteiger partial charge in [-0.15, -0.1) is 0 Å². The number of halogens is 1. The third-order valence-electron chi connectivity index (χ3n) is 1.85. The van der Waals surface area contributed by atoms with Crippen molar-refractivity contribution in [3.05, 3.63) is 22.8 Å². The van der Waals surface area contributed by atoms with Crippen LogP contribution in [0.1, 0.15) is 13.3 Å². The van der Waals surface area contributed by atoms with Crippen molar-refractivity contribution in [1.82, 2.24) is 4.98 Å². The highest BCUT2D eigenvalue weighted by Gasteiger charge is 2.10. The first-order valence-electron chi connectivity index (χ1n) is 4.71. The van der Waals surface area contributed by atoms with Gasteiger partial charge in [-0.25, -0.2) is 4.98 Å². The van der Waals surface area contributed by atoms with Crippen LogP contribution in [-0.2, 0) is 4.79 Å². The first kappa shape index (κ1) is 12.0. The van der Waals surface area contributed by atoms with E-state index in [1.807, 2.05) is 19.1 Å². The lowest BCUT2D eigenvalue weighted by Crippen LogP contribution is -2.31. The van der Waals surface area contributed by atoms with Gasteiger partial charge in [0.2, 0.25) is 0 Å². The Labute approximate surface area is 97.1 Å². The molecule has 0 bridgehead atoms. The molecular formula is C10H13BrN2O2. The Bertz CT molecular complexity index is 344. The Hall–Kier alpha value is -1.10. The van der Waals surface area contributed by atoms with E-state index in [-0.39, 0.29) is 6.54 Å². The fourth-order valence-corrected chi connectivity index (χ4v) is 1.60. The van der Waals surface area contributed by atoms with Gasteiger partial charge in [-0.3, -0.25) is 4.79 Å². The van der Waals surface area contributed by atoms with Crippen LogP contribution in [0.15, 0.2) is 22.8 Å². The lowest BCUT2D eigenvalue weighted by atomic mass is 10.3. The number of rotatable bonds is 5. The summed E-state index contributed by atoms with van der Waals surface area (Å²) in [7, 11) is 0. The van der Waals surface area contributed by atoms with Gasteiger partial charge >= 0.3 is 5.97 Å². The lowest BCUT2D eigenvalue weighted by Gasteiger charge is -2.20. The summed E-state index contributed by atoms with van der Waals surface area (Å²) >= 11 is 3.33. The Morgan fingerprint density at radius 1 is 1.67 bits per heavy atom. The van der Waals surface area contributed by atoms with Crippen LogP contribution in [0.5, 0.6) is 0 Å². The maximum absolute atomic E-state index is 10.7. The van der Waals surface area contributed by atoms with Gasteiger partial charge in [0.05, 0.1) is 0 Å². The molecule has 1 heterocycles. The summed E-state index contributed by atoms with van der Waals surface area (Å²) in [6.45, 7) is 2.68. The summed E-state index contributed by atoms with van der Waals surface area (Å²) in [6, 6.07) is 3.63. The fraction of sp³-hybridized carbons (Fsp3) is 0.400. The van der Waals surface area contributed by atoms with Gasteiger partial charge in [0.25, 0.3) is 0 Å². The van der Waals surface area contributed by atoms with Crippen molar-refractivity contribution < 1.29 is 9.90 Å². The number of aromatic nitrogens is 1. The average Bonchev–Trinajstić information content (AvgIpc) is 2.16. The molecule has 1 N–H and O–H groups in total. The van der Waals surface area contributed by atoms with E-state index in [1.54, 1.807) is 11.1 Å². The zero-order valence-corrected chi connectivity index (χ0v) is 10.1. The molecule has 1 aromatic rings. The summed E-state index contributed by atoms with van der Waals surface area (Å²) in [4.78, 5) is 16.5. The van der Waals surface area contributed by atoms with E-state index in [0.29, 0.717) is 12.4 Å². The number of nitrogens with zero attached hydrogens (tertiary/aromatic N) is 2. The quantitative estimate of drug-likeness (QED) is 0.893. The van der Waals surface area contributed by atoms with Crippen LogP contribution in [0.3, 0.4) is 0 Å². The van der Waals surface area contributed by atoms with E-state index in [4.69, 9.17) is 5.11 Å². The van der Waals surface area contributed by atoms with Crippen LogP contribution in [0.2, 0.25) is 0 Å². The number of aliphatic carboxylic acids is 1. The van der Waals surface area contributed by atoms with Crippen molar-refractivity contribution >= 4 is 27.7 Å². The Morgan fingerprint density at radius 3 is 2.93 bits per heavy atom. The number of carboxylic acid groups (broad SMARTS) is 1. The Morgan fingerprint density at radius 2 is 2.40 bits per heavy atom. The first-order valence-corrected chi connectivity index (χ1v) is 5.51. The summed E-state index contributed by atoms with van der Waals surface area (Å²) < 4.78 is 0.902. The van der Waals surface area contributed by atoms with Crippen molar-refractivity contribution in [3.63, 3.8) is 0 Å². The number of anilines is 1. The molecule has 0 aliphatic heterocycles. The van der Waals surface area contributed by atoms with Crippen LogP contribution in [0.4, 0.5) is 5.82 Å². The van der Waals surface area contributed by atoms with Crippen molar-refractivity contribution in [2.24, 2.45) is 0 Å². The standard InChI is InChI=1S/C10H13BrN2O2/c1-2-5-13(7-10(14)15)9-6-8(11)3-4-12-9/h3-4,6H,2,5,7H2,1H3,(H,14,15). The maximum Gasteiger partial charge on any atom is 0.323 e. The van der Waals surface area contributed by atoms with Crippen LogP contribution in [0, 0.1) is 0 Å². The summed E-state index contributed by atoms with van der Waals surface area (Å²) in [5.41, 5.74) is 0. The molecule has 5 heteroatoms. The Kier molecular flexibility index (Phi) is 4.55. The number of carboxylic acids is 1. The molecule has 4 nitrogen and oxygen atoms in total. The smallest absolute Gasteiger partial charge is 0.323 e. The van der Waals surface area contributed by atoms with E-state index in [0.717, 1.165) is 10.9 Å². The van der Waals surface area contributed by atoms with Crippen molar-refractivity contribution in [2.75, 3.05) is 18.0 Å². The summed E-state index contributed by atoms with van der Waals surface area (Å²) in [5.74, 6) is -0.154. The topological polar surface area (TPSA) is 53.4 Å². The average molecular weight is 273 g/mol. The highest BCUT2D eigenvalue weighted by atomic mass is 79.9.